The lowest BCUT2D eigenvalue weighted by atomic mass is 10.2. The highest BCUT2D eigenvalue weighted by Gasteiger charge is 2.11. The normalized spacial score (nSPS) is 10.3. The minimum Gasteiger partial charge on any atom is -0.396 e. The number of nitrogens with zero attached hydrogens (tertiary/aromatic N) is 4. The molecular weight excluding hydrogens is 208 g/mol. The zero-order valence-electron chi connectivity index (χ0n) is 9.39. The van der Waals surface area contributed by atoms with Gasteiger partial charge in [-0.25, -0.2) is 4.68 Å². The van der Waals surface area contributed by atoms with Crippen molar-refractivity contribution in [1.82, 2.24) is 15.0 Å². The first-order valence-electron chi connectivity index (χ1n) is 5.21. The van der Waals surface area contributed by atoms with Crippen LogP contribution in [0, 0.1) is 11.3 Å². The van der Waals surface area contributed by atoms with Crippen LogP contribution in [0.3, 0.4) is 0 Å². The molecule has 1 rings (SSSR count). The third kappa shape index (κ3) is 3.29. The number of ether oxygens (including phenoxy) is 1. The molecule has 0 spiro atoms. The van der Waals surface area contributed by atoms with Crippen LogP contribution in [-0.2, 0) is 24.3 Å². The lowest BCUT2D eigenvalue weighted by Gasteiger charge is -2.05. The molecule has 0 bridgehead atoms. The summed E-state index contributed by atoms with van der Waals surface area (Å²) in [5.41, 5.74) is 1.52. The molecule has 0 amide bonds. The molecule has 0 aliphatic rings. The second-order valence-electron chi connectivity index (χ2n) is 3.40. The number of aromatic nitrogens is 3. The summed E-state index contributed by atoms with van der Waals surface area (Å²) in [5, 5.41) is 25.3. The number of hydrogen-bond acceptors (Lipinski definition) is 5. The van der Waals surface area contributed by atoms with E-state index in [1.807, 2.05) is 0 Å². The Balaban J connectivity index is 2.71. The van der Waals surface area contributed by atoms with Gasteiger partial charge in [-0.3, -0.25) is 0 Å². The molecule has 6 nitrogen and oxygen atoms in total. The predicted molar refractivity (Wildman–Crippen MR) is 56.4 cm³/mol. The summed E-state index contributed by atoms with van der Waals surface area (Å²) in [6.45, 7) is 1.28. The molecule has 0 fully saturated rings. The first-order chi connectivity index (χ1) is 7.83. The third-order valence-electron chi connectivity index (χ3n) is 2.22. The number of methoxy groups -OCH3 is 1. The first kappa shape index (κ1) is 12.6. The van der Waals surface area contributed by atoms with Gasteiger partial charge in [0.25, 0.3) is 0 Å². The molecule has 0 radical (unpaired) electrons. The molecule has 6 heteroatoms. The summed E-state index contributed by atoms with van der Waals surface area (Å²) >= 11 is 0. The van der Waals surface area contributed by atoms with Crippen molar-refractivity contribution in [1.29, 1.82) is 5.26 Å². The average molecular weight is 224 g/mol. The molecule has 1 aromatic rings. The topological polar surface area (TPSA) is 84.0 Å². The van der Waals surface area contributed by atoms with E-state index < -0.39 is 0 Å². The number of nitriles is 1. The second-order valence-corrected chi connectivity index (χ2v) is 3.40. The van der Waals surface area contributed by atoms with Crippen LogP contribution in [0.4, 0.5) is 0 Å². The van der Waals surface area contributed by atoms with E-state index >= 15 is 0 Å². The van der Waals surface area contributed by atoms with Crippen molar-refractivity contribution in [2.24, 2.45) is 0 Å². The SMILES string of the molecule is COCc1c(CC#N)nnn1CCCCO. The number of aliphatic hydroxyl groups excluding tert-OH is 1. The van der Waals surface area contributed by atoms with Gasteiger partial charge in [0.15, 0.2) is 0 Å². The third-order valence-corrected chi connectivity index (χ3v) is 2.22. The Morgan fingerprint density at radius 1 is 1.50 bits per heavy atom. The van der Waals surface area contributed by atoms with E-state index in [4.69, 9.17) is 15.1 Å². The van der Waals surface area contributed by atoms with Gasteiger partial charge in [-0.15, -0.1) is 5.10 Å². The zero-order chi connectivity index (χ0) is 11.8. The lowest BCUT2D eigenvalue weighted by Crippen LogP contribution is -2.08. The Bertz CT molecular complexity index is 356. The van der Waals surface area contributed by atoms with E-state index in [9.17, 15) is 0 Å². The van der Waals surface area contributed by atoms with E-state index in [0.717, 1.165) is 18.5 Å². The van der Waals surface area contributed by atoms with Gasteiger partial charge in [-0.1, -0.05) is 5.21 Å². The Labute approximate surface area is 94.4 Å². The number of unbranched alkanes of at least 4 members (excludes halogenated alkanes) is 1. The highest BCUT2D eigenvalue weighted by atomic mass is 16.5. The van der Waals surface area contributed by atoms with Crippen molar-refractivity contribution in [3.05, 3.63) is 11.4 Å². The first-order valence-corrected chi connectivity index (χ1v) is 5.21. The lowest BCUT2D eigenvalue weighted by molar-refractivity contribution is 0.175. The van der Waals surface area contributed by atoms with Crippen LogP contribution in [0.5, 0.6) is 0 Å². The molecule has 0 aliphatic heterocycles. The molecule has 0 aliphatic carbocycles. The summed E-state index contributed by atoms with van der Waals surface area (Å²) in [6, 6.07) is 2.05. The molecule has 0 saturated heterocycles. The van der Waals surface area contributed by atoms with Crippen molar-refractivity contribution >= 4 is 0 Å². The van der Waals surface area contributed by atoms with Gasteiger partial charge < -0.3 is 9.84 Å². The number of hydrogen-bond donors (Lipinski definition) is 1. The van der Waals surface area contributed by atoms with Gasteiger partial charge in [0.05, 0.1) is 24.8 Å². The van der Waals surface area contributed by atoms with Gasteiger partial charge in [-0.05, 0) is 12.8 Å². The number of aliphatic hydroxyl groups is 1. The smallest absolute Gasteiger partial charge is 0.102 e. The average Bonchev–Trinajstić information content (AvgIpc) is 2.64. The molecule has 1 N–H and O–H groups in total. The van der Waals surface area contributed by atoms with Crippen LogP contribution >= 0.6 is 0 Å². The van der Waals surface area contributed by atoms with Gasteiger partial charge in [0.2, 0.25) is 0 Å². The fourth-order valence-corrected chi connectivity index (χ4v) is 1.43. The maximum Gasteiger partial charge on any atom is 0.102 e. The van der Waals surface area contributed by atoms with Crippen molar-refractivity contribution in [2.75, 3.05) is 13.7 Å². The molecule has 0 unspecified atom stereocenters. The van der Waals surface area contributed by atoms with E-state index in [-0.39, 0.29) is 13.0 Å². The largest absolute Gasteiger partial charge is 0.396 e. The summed E-state index contributed by atoms with van der Waals surface area (Å²) in [6.07, 6.45) is 1.82. The van der Waals surface area contributed by atoms with Crippen molar-refractivity contribution in [3.8, 4) is 6.07 Å². The van der Waals surface area contributed by atoms with Gasteiger partial charge in [0.1, 0.15) is 5.69 Å². The van der Waals surface area contributed by atoms with Gasteiger partial charge in [0, 0.05) is 20.3 Å². The summed E-state index contributed by atoms with van der Waals surface area (Å²) < 4.78 is 6.80. The van der Waals surface area contributed by atoms with Crippen LogP contribution in [0.1, 0.15) is 24.2 Å². The van der Waals surface area contributed by atoms with E-state index in [0.29, 0.717) is 18.8 Å². The van der Waals surface area contributed by atoms with Crippen LogP contribution in [0.25, 0.3) is 0 Å². The van der Waals surface area contributed by atoms with Gasteiger partial charge >= 0.3 is 0 Å². The van der Waals surface area contributed by atoms with Crippen LogP contribution in [0.2, 0.25) is 0 Å². The highest BCUT2D eigenvalue weighted by Crippen LogP contribution is 2.08. The maximum absolute atomic E-state index is 8.69. The van der Waals surface area contributed by atoms with E-state index in [1.54, 1.807) is 11.8 Å². The fraction of sp³-hybridized carbons (Fsp3) is 0.700. The van der Waals surface area contributed by atoms with E-state index in [2.05, 4.69) is 16.4 Å². The minimum absolute atomic E-state index is 0.180. The summed E-state index contributed by atoms with van der Waals surface area (Å²) in [4.78, 5) is 0. The van der Waals surface area contributed by atoms with Crippen molar-refractivity contribution in [2.45, 2.75) is 32.4 Å². The number of rotatable bonds is 7. The monoisotopic (exact) mass is 224 g/mol. The zero-order valence-corrected chi connectivity index (χ0v) is 9.39. The van der Waals surface area contributed by atoms with E-state index in [1.165, 1.54) is 0 Å². The maximum atomic E-state index is 8.69. The molecule has 16 heavy (non-hydrogen) atoms. The molecule has 88 valence electrons. The minimum atomic E-state index is 0.180. The fourth-order valence-electron chi connectivity index (χ4n) is 1.43. The number of aryl methyl sites for hydroxylation is 1. The molecule has 0 aromatic carbocycles. The Hall–Kier alpha value is -1.45. The van der Waals surface area contributed by atoms with Gasteiger partial charge in [-0.2, -0.15) is 5.26 Å². The van der Waals surface area contributed by atoms with Crippen molar-refractivity contribution in [3.63, 3.8) is 0 Å². The van der Waals surface area contributed by atoms with Crippen LogP contribution < -0.4 is 0 Å². The Morgan fingerprint density at radius 2 is 2.31 bits per heavy atom. The Morgan fingerprint density at radius 3 is 2.94 bits per heavy atom. The summed E-state index contributed by atoms with van der Waals surface area (Å²) in [7, 11) is 1.60. The molecular formula is C10H16N4O2. The predicted octanol–water partition coefficient (Wildman–Crippen LogP) is 0.263. The standard InChI is InChI=1S/C10H16N4O2/c1-16-8-10-9(4-5-11)12-13-14(10)6-2-3-7-15/h15H,2-4,6-8H2,1H3. The van der Waals surface area contributed by atoms with Crippen molar-refractivity contribution < 1.29 is 9.84 Å². The highest BCUT2D eigenvalue weighted by molar-refractivity contribution is 5.13. The summed E-state index contributed by atoms with van der Waals surface area (Å²) in [5.74, 6) is 0. The molecule has 1 aromatic heterocycles. The molecule has 0 atom stereocenters. The molecule has 1 heterocycles. The Kier molecular flexibility index (Phi) is 5.46. The van der Waals surface area contributed by atoms with Crippen LogP contribution in [0.15, 0.2) is 0 Å². The second kappa shape index (κ2) is 6.93. The molecule has 0 saturated carbocycles. The van der Waals surface area contributed by atoms with Crippen LogP contribution in [-0.4, -0.2) is 33.8 Å². The quantitative estimate of drug-likeness (QED) is 0.672.